The van der Waals surface area contributed by atoms with E-state index in [9.17, 15) is 5.11 Å². The van der Waals surface area contributed by atoms with Gasteiger partial charge in [-0.25, -0.2) is 0 Å². The highest BCUT2D eigenvalue weighted by Gasteiger charge is 2.42. The van der Waals surface area contributed by atoms with E-state index in [0.717, 1.165) is 24.8 Å². The highest BCUT2D eigenvalue weighted by atomic mass is 16.7. The van der Waals surface area contributed by atoms with Crippen LogP contribution in [0.25, 0.3) is 0 Å². The van der Waals surface area contributed by atoms with E-state index in [-0.39, 0.29) is 11.7 Å². The summed E-state index contributed by atoms with van der Waals surface area (Å²) in [6.45, 7) is 7.15. The molecule has 0 fully saturated rings. The van der Waals surface area contributed by atoms with Crippen molar-refractivity contribution in [1.29, 1.82) is 0 Å². The number of rotatable bonds is 14. The summed E-state index contributed by atoms with van der Waals surface area (Å²) in [6, 6.07) is 7.43. The van der Waals surface area contributed by atoms with Gasteiger partial charge in [0, 0.05) is 13.0 Å². The van der Waals surface area contributed by atoms with E-state index in [0.29, 0.717) is 6.61 Å². The van der Waals surface area contributed by atoms with Crippen molar-refractivity contribution < 1.29 is 14.6 Å². The van der Waals surface area contributed by atoms with E-state index < -0.39 is 5.79 Å². The normalized spacial score (nSPS) is 15.0. The van der Waals surface area contributed by atoms with Gasteiger partial charge in [-0.15, -0.1) is 0 Å². The molecule has 0 aliphatic rings. The number of hydrogen-bond acceptors (Lipinski definition) is 3. The lowest BCUT2D eigenvalue weighted by atomic mass is 9.84. The number of phenols is 1. The Labute approximate surface area is 154 Å². The molecule has 1 N–H and O–H groups in total. The van der Waals surface area contributed by atoms with Crippen LogP contribution in [0.5, 0.6) is 5.75 Å². The van der Waals surface area contributed by atoms with Crippen molar-refractivity contribution in [1.82, 2.24) is 0 Å². The van der Waals surface area contributed by atoms with E-state index in [1.54, 1.807) is 13.2 Å². The van der Waals surface area contributed by atoms with E-state index in [4.69, 9.17) is 9.47 Å². The first-order valence-electron chi connectivity index (χ1n) is 10.1. The molecule has 25 heavy (non-hydrogen) atoms. The first kappa shape index (κ1) is 22.0. The van der Waals surface area contributed by atoms with Crippen LogP contribution in [0.1, 0.15) is 84.1 Å². The van der Waals surface area contributed by atoms with Gasteiger partial charge in [-0.3, -0.25) is 0 Å². The Hall–Kier alpha value is -1.06. The summed E-state index contributed by atoms with van der Waals surface area (Å²) in [5.41, 5.74) is 0.754. The quantitative estimate of drug-likeness (QED) is 0.312. The van der Waals surface area contributed by atoms with Crippen molar-refractivity contribution in [3.63, 3.8) is 0 Å². The number of benzene rings is 1. The van der Waals surface area contributed by atoms with Crippen LogP contribution in [0.2, 0.25) is 0 Å². The molecule has 0 aliphatic carbocycles. The lowest BCUT2D eigenvalue weighted by Gasteiger charge is -2.40. The Kier molecular flexibility index (Phi) is 10.8. The van der Waals surface area contributed by atoms with Crippen molar-refractivity contribution in [2.24, 2.45) is 5.92 Å². The summed E-state index contributed by atoms with van der Waals surface area (Å²) in [5, 5.41) is 10.4. The Morgan fingerprint density at radius 1 is 0.960 bits per heavy atom. The Balaban J connectivity index is 2.89. The molecule has 1 aromatic carbocycles. The van der Waals surface area contributed by atoms with Crippen LogP contribution < -0.4 is 0 Å². The van der Waals surface area contributed by atoms with Crippen molar-refractivity contribution in [2.75, 3.05) is 13.7 Å². The van der Waals surface area contributed by atoms with Crippen LogP contribution in [0.4, 0.5) is 0 Å². The highest BCUT2D eigenvalue weighted by molar-refractivity contribution is 5.36. The van der Waals surface area contributed by atoms with Crippen LogP contribution in [-0.2, 0) is 15.3 Å². The SMILES string of the molecule is CCCCCCCCC(CC)C(OC)(OCCC)c1ccccc1O. The first-order chi connectivity index (χ1) is 12.2. The van der Waals surface area contributed by atoms with Gasteiger partial charge in [0.25, 0.3) is 0 Å². The molecule has 0 amide bonds. The third-order valence-corrected chi connectivity index (χ3v) is 5.04. The molecule has 0 spiro atoms. The maximum absolute atomic E-state index is 10.4. The predicted molar refractivity (Wildman–Crippen MR) is 105 cm³/mol. The molecule has 0 aliphatic heterocycles. The van der Waals surface area contributed by atoms with Crippen molar-refractivity contribution in [3.8, 4) is 5.75 Å². The summed E-state index contributed by atoms with van der Waals surface area (Å²) in [4.78, 5) is 0. The van der Waals surface area contributed by atoms with Crippen LogP contribution in [0, 0.1) is 5.92 Å². The smallest absolute Gasteiger partial charge is 0.201 e. The average Bonchev–Trinajstić information content (AvgIpc) is 2.64. The summed E-state index contributed by atoms with van der Waals surface area (Å²) >= 11 is 0. The minimum Gasteiger partial charge on any atom is -0.507 e. The van der Waals surface area contributed by atoms with Gasteiger partial charge in [-0.1, -0.05) is 71.4 Å². The standard InChI is InChI=1S/C22H38O3/c1-5-8-9-10-11-12-15-19(7-3)22(24-4,25-18-6-2)20-16-13-14-17-21(20)23/h13-14,16-17,19,23H,5-12,15,18H2,1-4H3. The van der Waals surface area contributed by atoms with E-state index in [1.165, 1.54) is 38.5 Å². The summed E-state index contributed by atoms with van der Waals surface area (Å²) in [6.07, 6.45) is 10.6. The fraction of sp³-hybridized carbons (Fsp3) is 0.727. The molecule has 0 radical (unpaired) electrons. The Bertz CT molecular complexity index is 460. The molecular weight excluding hydrogens is 312 g/mol. The van der Waals surface area contributed by atoms with Crippen LogP contribution in [0.3, 0.4) is 0 Å². The summed E-state index contributed by atoms with van der Waals surface area (Å²) < 4.78 is 12.2. The molecular formula is C22H38O3. The Morgan fingerprint density at radius 2 is 1.64 bits per heavy atom. The fourth-order valence-corrected chi connectivity index (χ4v) is 3.61. The summed E-state index contributed by atoms with van der Waals surface area (Å²) in [5.74, 6) is -0.384. The van der Waals surface area contributed by atoms with Gasteiger partial charge in [0.15, 0.2) is 0 Å². The van der Waals surface area contributed by atoms with Gasteiger partial charge in [0.2, 0.25) is 5.79 Å². The van der Waals surface area contributed by atoms with Gasteiger partial charge < -0.3 is 14.6 Å². The second kappa shape index (κ2) is 12.3. The minimum absolute atomic E-state index is 0.225. The van der Waals surface area contributed by atoms with Crippen LogP contribution in [-0.4, -0.2) is 18.8 Å². The van der Waals surface area contributed by atoms with Gasteiger partial charge in [0.1, 0.15) is 5.75 Å². The molecule has 1 aromatic rings. The monoisotopic (exact) mass is 350 g/mol. The zero-order valence-corrected chi connectivity index (χ0v) is 16.7. The number of hydrogen-bond donors (Lipinski definition) is 1. The third kappa shape index (κ3) is 6.31. The molecule has 144 valence electrons. The van der Waals surface area contributed by atoms with Crippen molar-refractivity contribution in [2.45, 2.75) is 84.3 Å². The van der Waals surface area contributed by atoms with Gasteiger partial charge in [-0.05, 0) is 31.4 Å². The predicted octanol–water partition coefficient (Wildman–Crippen LogP) is 6.39. The van der Waals surface area contributed by atoms with Crippen molar-refractivity contribution in [3.05, 3.63) is 29.8 Å². The molecule has 0 saturated heterocycles. The molecule has 0 saturated carbocycles. The number of unbranched alkanes of at least 4 members (excludes halogenated alkanes) is 5. The minimum atomic E-state index is -0.862. The number of phenolic OH excluding ortho intramolecular Hbond substituents is 1. The number of ether oxygens (including phenoxy) is 2. The average molecular weight is 351 g/mol. The molecule has 0 bridgehead atoms. The zero-order valence-electron chi connectivity index (χ0n) is 16.7. The number of para-hydroxylation sites is 1. The molecule has 1 rings (SSSR count). The third-order valence-electron chi connectivity index (χ3n) is 5.04. The second-order valence-corrected chi connectivity index (χ2v) is 6.90. The van der Waals surface area contributed by atoms with E-state index in [2.05, 4.69) is 20.8 Å². The summed E-state index contributed by atoms with van der Waals surface area (Å²) in [7, 11) is 1.70. The molecule has 0 heterocycles. The molecule has 0 aromatic heterocycles. The largest absolute Gasteiger partial charge is 0.507 e. The van der Waals surface area contributed by atoms with Gasteiger partial charge in [-0.2, -0.15) is 0 Å². The fourth-order valence-electron chi connectivity index (χ4n) is 3.61. The molecule has 2 unspecified atom stereocenters. The van der Waals surface area contributed by atoms with E-state index >= 15 is 0 Å². The van der Waals surface area contributed by atoms with E-state index in [1.807, 2.05) is 18.2 Å². The molecule has 3 nitrogen and oxygen atoms in total. The molecule has 2 atom stereocenters. The topological polar surface area (TPSA) is 38.7 Å². The first-order valence-corrected chi connectivity index (χ1v) is 10.1. The maximum atomic E-state index is 10.4. The van der Waals surface area contributed by atoms with Crippen LogP contribution in [0.15, 0.2) is 24.3 Å². The van der Waals surface area contributed by atoms with Gasteiger partial charge >= 0.3 is 0 Å². The number of methoxy groups -OCH3 is 1. The lowest BCUT2D eigenvalue weighted by molar-refractivity contribution is -0.267. The Morgan fingerprint density at radius 3 is 2.24 bits per heavy atom. The number of aromatic hydroxyl groups is 1. The highest BCUT2D eigenvalue weighted by Crippen LogP contribution is 2.43. The maximum Gasteiger partial charge on any atom is 0.201 e. The lowest BCUT2D eigenvalue weighted by Crippen LogP contribution is -2.40. The second-order valence-electron chi connectivity index (χ2n) is 6.90. The van der Waals surface area contributed by atoms with Gasteiger partial charge in [0.05, 0.1) is 12.2 Å². The van der Waals surface area contributed by atoms with Crippen molar-refractivity contribution >= 4 is 0 Å². The van der Waals surface area contributed by atoms with Crippen LogP contribution >= 0.6 is 0 Å². The zero-order chi connectivity index (χ0) is 18.5. The molecule has 3 heteroatoms.